The van der Waals surface area contributed by atoms with Gasteiger partial charge >= 0.3 is 0 Å². The highest BCUT2D eigenvalue weighted by atomic mass is 15.3. The van der Waals surface area contributed by atoms with Gasteiger partial charge in [-0.05, 0) is 13.0 Å². The summed E-state index contributed by atoms with van der Waals surface area (Å²) < 4.78 is 1.67. The molecule has 0 aliphatic rings. The van der Waals surface area contributed by atoms with E-state index in [0.29, 0.717) is 6.54 Å². The molecule has 0 aromatic carbocycles. The number of nitriles is 1. The van der Waals surface area contributed by atoms with Crippen molar-refractivity contribution in [3.05, 3.63) is 18.0 Å². The summed E-state index contributed by atoms with van der Waals surface area (Å²) in [6, 6.07) is 3.36. The lowest BCUT2D eigenvalue weighted by molar-refractivity contribution is 0.571. The molecule has 1 aromatic heterocycles. The molecule has 0 amide bonds. The molecule has 0 saturated carbocycles. The lowest BCUT2D eigenvalue weighted by Crippen LogP contribution is -2.24. The summed E-state index contributed by atoms with van der Waals surface area (Å²) in [5.74, 6) is 0. The summed E-state index contributed by atoms with van der Waals surface area (Å²) >= 11 is 0. The zero-order valence-corrected chi connectivity index (χ0v) is 6.36. The smallest absolute Gasteiger partial charge is 0.113 e. The Morgan fingerprint density at radius 2 is 2.64 bits per heavy atom. The minimum absolute atomic E-state index is 0.463. The molecule has 1 unspecified atom stereocenters. The fraction of sp³-hybridized carbons (Fsp3) is 0.429. The van der Waals surface area contributed by atoms with Crippen LogP contribution >= 0.6 is 0 Å². The quantitative estimate of drug-likeness (QED) is 0.647. The second kappa shape index (κ2) is 3.17. The Balaban J connectivity index is 2.59. The van der Waals surface area contributed by atoms with E-state index >= 15 is 0 Å². The van der Waals surface area contributed by atoms with E-state index in [9.17, 15) is 0 Å². The molecule has 0 radical (unpaired) electrons. The Labute approximate surface area is 65.2 Å². The van der Waals surface area contributed by atoms with Gasteiger partial charge < -0.3 is 5.73 Å². The van der Waals surface area contributed by atoms with Crippen LogP contribution in [-0.2, 0) is 6.54 Å². The molecule has 0 bridgehead atoms. The van der Waals surface area contributed by atoms with Crippen LogP contribution in [-0.4, -0.2) is 15.8 Å². The van der Waals surface area contributed by atoms with E-state index in [2.05, 4.69) is 5.10 Å². The van der Waals surface area contributed by atoms with Crippen molar-refractivity contribution in [3.63, 3.8) is 0 Å². The number of aryl methyl sites for hydroxylation is 1. The average molecular weight is 150 g/mol. The maximum Gasteiger partial charge on any atom is 0.113 e. The van der Waals surface area contributed by atoms with E-state index in [4.69, 9.17) is 11.0 Å². The fourth-order valence-corrected chi connectivity index (χ4v) is 0.807. The number of rotatable bonds is 2. The number of nitrogens with two attached hydrogens (primary N) is 1. The molecule has 2 N–H and O–H groups in total. The monoisotopic (exact) mass is 150 g/mol. The Kier molecular flexibility index (Phi) is 2.24. The van der Waals surface area contributed by atoms with Crippen LogP contribution in [0.25, 0.3) is 0 Å². The maximum absolute atomic E-state index is 8.39. The van der Waals surface area contributed by atoms with Crippen LogP contribution in [0.4, 0.5) is 0 Å². The zero-order valence-electron chi connectivity index (χ0n) is 6.36. The van der Waals surface area contributed by atoms with Gasteiger partial charge in [-0.2, -0.15) is 10.4 Å². The number of nitrogens with zero attached hydrogens (tertiary/aromatic N) is 3. The van der Waals surface area contributed by atoms with Crippen LogP contribution in [0.3, 0.4) is 0 Å². The van der Waals surface area contributed by atoms with E-state index in [-0.39, 0.29) is 0 Å². The molecule has 0 spiro atoms. The van der Waals surface area contributed by atoms with E-state index in [1.165, 1.54) is 0 Å². The Hall–Kier alpha value is -1.34. The molecule has 0 saturated heterocycles. The molecule has 4 heteroatoms. The predicted octanol–water partition coefficient (Wildman–Crippen LogP) is 0.0424. The summed E-state index contributed by atoms with van der Waals surface area (Å²) in [6.07, 6.45) is 1.81. The third-order valence-electron chi connectivity index (χ3n) is 1.32. The van der Waals surface area contributed by atoms with Gasteiger partial charge in [0.2, 0.25) is 0 Å². The number of hydrogen-bond acceptors (Lipinski definition) is 3. The summed E-state index contributed by atoms with van der Waals surface area (Å²) in [4.78, 5) is 0. The minimum Gasteiger partial charge on any atom is -0.314 e. The molecule has 1 rings (SSSR count). The third-order valence-corrected chi connectivity index (χ3v) is 1.32. The van der Waals surface area contributed by atoms with Gasteiger partial charge in [-0.3, -0.25) is 4.68 Å². The largest absolute Gasteiger partial charge is 0.314 e. The van der Waals surface area contributed by atoms with Crippen LogP contribution in [0.2, 0.25) is 0 Å². The fourth-order valence-electron chi connectivity index (χ4n) is 0.807. The van der Waals surface area contributed by atoms with Crippen molar-refractivity contribution in [2.24, 2.45) is 5.73 Å². The molecule has 58 valence electrons. The van der Waals surface area contributed by atoms with Gasteiger partial charge in [0.25, 0.3) is 0 Å². The van der Waals surface area contributed by atoms with Crippen molar-refractivity contribution in [2.45, 2.75) is 19.5 Å². The van der Waals surface area contributed by atoms with Gasteiger partial charge in [-0.15, -0.1) is 0 Å². The van der Waals surface area contributed by atoms with Gasteiger partial charge in [0.05, 0.1) is 18.3 Å². The third kappa shape index (κ3) is 2.06. The standard InChI is InChI=1S/C7H10N4/c1-6-2-3-11(10-6)5-7(9)4-8/h2-3,7H,5,9H2,1H3. The van der Waals surface area contributed by atoms with E-state index < -0.39 is 6.04 Å². The van der Waals surface area contributed by atoms with Gasteiger partial charge in [-0.25, -0.2) is 0 Å². The van der Waals surface area contributed by atoms with E-state index in [0.717, 1.165) is 5.69 Å². The first-order chi connectivity index (χ1) is 5.22. The lowest BCUT2D eigenvalue weighted by Gasteiger charge is -2.01. The van der Waals surface area contributed by atoms with Gasteiger partial charge in [-0.1, -0.05) is 0 Å². The molecular weight excluding hydrogens is 140 g/mol. The predicted molar refractivity (Wildman–Crippen MR) is 40.6 cm³/mol. The second-order valence-corrected chi connectivity index (χ2v) is 2.41. The SMILES string of the molecule is Cc1ccn(CC(N)C#N)n1. The van der Waals surface area contributed by atoms with Crippen LogP contribution in [0.5, 0.6) is 0 Å². The minimum atomic E-state index is -0.464. The summed E-state index contributed by atoms with van der Waals surface area (Å²) in [5.41, 5.74) is 6.33. The van der Waals surface area contributed by atoms with Crippen molar-refractivity contribution in [1.82, 2.24) is 9.78 Å². The van der Waals surface area contributed by atoms with Crippen molar-refractivity contribution >= 4 is 0 Å². The van der Waals surface area contributed by atoms with Crippen molar-refractivity contribution in [3.8, 4) is 6.07 Å². The summed E-state index contributed by atoms with van der Waals surface area (Å²) in [6.45, 7) is 2.36. The second-order valence-electron chi connectivity index (χ2n) is 2.41. The molecule has 11 heavy (non-hydrogen) atoms. The molecule has 1 heterocycles. The van der Waals surface area contributed by atoms with Crippen molar-refractivity contribution in [2.75, 3.05) is 0 Å². The van der Waals surface area contributed by atoms with Crippen LogP contribution in [0.15, 0.2) is 12.3 Å². The lowest BCUT2D eigenvalue weighted by atomic mass is 10.3. The first kappa shape index (κ1) is 7.76. The molecule has 0 fully saturated rings. The normalized spacial score (nSPS) is 12.5. The molecule has 4 nitrogen and oxygen atoms in total. The van der Waals surface area contributed by atoms with Gasteiger partial charge in [0.15, 0.2) is 0 Å². The molecule has 1 atom stereocenters. The highest BCUT2D eigenvalue weighted by molar-refractivity contribution is 4.96. The Morgan fingerprint density at radius 1 is 1.91 bits per heavy atom. The molecule has 0 aliphatic heterocycles. The van der Waals surface area contributed by atoms with E-state index in [1.54, 1.807) is 4.68 Å². The topological polar surface area (TPSA) is 67.6 Å². The molecule has 1 aromatic rings. The van der Waals surface area contributed by atoms with Crippen LogP contribution in [0, 0.1) is 18.3 Å². The van der Waals surface area contributed by atoms with Crippen LogP contribution < -0.4 is 5.73 Å². The highest BCUT2D eigenvalue weighted by Gasteiger charge is 2.00. The molecular formula is C7H10N4. The highest BCUT2D eigenvalue weighted by Crippen LogP contribution is 1.93. The summed E-state index contributed by atoms with van der Waals surface area (Å²) in [5, 5.41) is 12.5. The first-order valence-electron chi connectivity index (χ1n) is 3.37. The Morgan fingerprint density at radius 3 is 3.09 bits per heavy atom. The zero-order chi connectivity index (χ0) is 8.27. The average Bonchev–Trinajstić information content (AvgIpc) is 2.35. The number of aromatic nitrogens is 2. The summed E-state index contributed by atoms with van der Waals surface area (Å²) in [7, 11) is 0. The van der Waals surface area contributed by atoms with Crippen molar-refractivity contribution in [1.29, 1.82) is 5.26 Å². The van der Waals surface area contributed by atoms with Gasteiger partial charge in [0.1, 0.15) is 6.04 Å². The van der Waals surface area contributed by atoms with Crippen LogP contribution in [0.1, 0.15) is 5.69 Å². The Bertz CT molecular complexity index is 270. The van der Waals surface area contributed by atoms with E-state index in [1.807, 2.05) is 25.3 Å². The first-order valence-corrected chi connectivity index (χ1v) is 3.37. The maximum atomic E-state index is 8.39. The van der Waals surface area contributed by atoms with Crippen molar-refractivity contribution < 1.29 is 0 Å². The number of hydrogen-bond donors (Lipinski definition) is 1. The van der Waals surface area contributed by atoms with Gasteiger partial charge in [0, 0.05) is 6.20 Å². The molecule has 0 aliphatic carbocycles.